The SMILES string of the molecule is Nc1ccc2c(c1)N(Cc1cccc3ccccc13)CCO2. The van der Waals surface area contributed by atoms with Gasteiger partial charge in [0.25, 0.3) is 0 Å². The van der Waals surface area contributed by atoms with Crippen LogP contribution in [0.15, 0.2) is 60.7 Å². The minimum atomic E-state index is 0.710. The summed E-state index contributed by atoms with van der Waals surface area (Å²) in [5.74, 6) is 0.917. The van der Waals surface area contributed by atoms with Crippen molar-refractivity contribution < 1.29 is 4.74 Å². The molecule has 22 heavy (non-hydrogen) atoms. The van der Waals surface area contributed by atoms with Gasteiger partial charge in [0.2, 0.25) is 0 Å². The summed E-state index contributed by atoms with van der Waals surface area (Å²) in [7, 11) is 0. The van der Waals surface area contributed by atoms with Crippen LogP contribution in [0.5, 0.6) is 5.75 Å². The summed E-state index contributed by atoms with van der Waals surface area (Å²) in [5, 5.41) is 2.59. The summed E-state index contributed by atoms with van der Waals surface area (Å²) < 4.78 is 5.74. The molecule has 0 spiro atoms. The quantitative estimate of drug-likeness (QED) is 0.729. The van der Waals surface area contributed by atoms with Crippen molar-refractivity contribution in [2.24, 2.45) is 0 Å². The van der Waals surface area contributed by atoms with Crippen LogP contribution >= 0.6 is 0 Å². The van der Waals surface area contributed by atoms with Crippen LogP contribution in [0, 0.1) is 0 Å². The van der Waals surface area contributed by atoms with Crippen LogP contribution in [0.2, 0.25) is 0 Å². The van der Waals surface area contributed by atoms with Crippen molar-refractivity contribution in [2.75, 3.05) is 23.8 Å². The fraction of sp³-hybridized carbons (Fsp3) is 0.158. The van der Waals surface area contributed by atoms with Gasteiger partial charge in [-0.15, -0.1) is 0 Å². The maximum Gasteiger partial charge on any atom is 0.142 e. The Kier molecular flexibility index (Phi) is 3.11. The second-order valence-corrected chi connectivity index (χ2v) is 5.64. The first-order valence-electron chi connectivity index (χ1n) is 7.55. The van der Waals surface area contributed by atoms with Crippen LogP contribution in [0.3, 0.4) is 0 Å². The Bertz CT molecular complexity index is 823. The van der Waals surface area contributed by atoms with E-state index in [1.807, 2.05) is 18.2 Å². The first kappa shape index (κ1) is 13.0. The van der Waals surface area contributed by atoms with Gasteiger partial charge < -0.3 is 15.4 Å². The molecule has 0 amide bonds. The number of benzene rings is 3. The summed E-state index contributed by atoms with van der Waals surface area (Å²) in [6.45, 7) is 2.45. The van der Waals surface area contributed by atoms with Gasteiger partial charge in [-0.2, -0.15) is 0 Å². The molecule has 4 rings (SSSR count). The average Bonchev–Trinajstić information content (AvgIpc) is 2.56. The molecule has 0 fully saturated rings. The number of hydrogen-bond acceptors (Lipinski definition) is 3. The predicted molar refractivity (Wildman–Crippen MR) is 91.3 cm³/mol. The van der Waals surface area contributed by atoms with Crippen LogP contribution in [0.4, 0.5) is 11.4 Å². The lowest BCUT2D eigenvalue weighted by Crippen LogP contribution is -2.32. The van der Waals surface area contributed by atoms with Gasteiger partial charge in [-0.25, -0.2) is 0 Å². The standard InChI is InChI=1S/C19H18N2O/c20-16-8-9-19-18(12-16)21(10-11-22-19)13-15-6-3-5-14-4-1-2-7-17(14)15/h1-9,12H,10-11,13,20H2. The van der Waals surface area contributed by atoms with Crippen LogP contribution in [-0.4, -0.2) is 13.2 Å². The van der Waals surface area contributed by atoms with E-state index in [1.165, 1.54) is 16.3 Å². The van der Waals surface area contributed by atoms with E-state index in [9.17, 15) is 0 Å². The Morgan fingerprint density at radius 2 is 1.86 bits per heavy atom. The number of fused-ring (bicyclic) bond motifs is 2. The molecule has 1 aliphatic heterocycles. The average molecular weight is 290 g/mol. The van der Waals surface area contributed by atoms with Gasteiger partial charge in [0, 0.05) is 12.2 Å². The third kappa shape index (κ3) is 2.25. The van der Waals surface area contributed by atoms with E-state index in [4.69, 9.17) is 10.5 Å². The van der Waals surface area contributed by atoms with E-state index < -0.39 is 0 Å². The Morgan fingerprint density at radius 3 is 2.82 bits per heavy atom. The van der Waals surface area contributed by atoms with Crippen LogP contribution in [0.25, 0.3) is 10.8 Å². The van der Waals surface area contributed by atoms with Crippen LogP contribution in [-0.2, 0) is 6.54 Å². The van der Waals surface area contributed by atoms with Crippen molar-refractivity contribution in [3.05, 3.63) is 66.2 Å². The van der Waals surface area contributed by atoms with Gasteiger partial charge in [-0.3, -0.25) is 0 Å². The van der Waals surface area contributed by atoms with E-state index in [-0.39, 0.29) is 0 Å². The van der Waals surface area contributed by atoms with Crippen LogP contribution in [0.1, 0.15) is 5.56 Å². The number of nitrogens with zero attached hydrogens (tertiary/aromatic N) is 1. The molecule has 0 radical (unpaired) electrons. The largest absolute Gasteiger partial charge is 0.490 e. The number of ether oxygens (including phenoxy) is 1. The third-order valence-corrected chi connectivity index (χ3v) is 4.18. The molecule has 110 valence electrons. The molecule has 0 unspecified atom stereocenters. The number of nitrogens with two attached hydrogens (primary N) is 1. The molecule has 1 heterocycles. The maximum atomic E-state index is 5.95. The van der Waals surface area contributed by atoms with E-state index in [0.29, 0.717) is 6.61 Å². The molecule has 0 bridgehead atoms. The summed E-state index contributed by atoms with van der Waals surface area (Å²) in [6, 6.07) is 20.8. The Hall–Kier alpha value is -2.68. The molecule has 0 aliphatic carbocycles. The van der Waals surface area contributed by atoms with Crippen LogP contribution < -0.4 is 15.4 Å². The lowest BCUT2D eigenvalue weighted by molar-refractivity contribution is 0.307. The predicted octanol–water partition coefficient (Wildman–Crippen LogP) is 3.82. The highest BCUT2D eigenvalue weighted by molar-refractivity contribution is 5.86. The second kappa shape index (κ2) is 5.26. The van der Waals surface area contributed by atoms with Crippen molar-refractivity contribution in [1.29, 1.82) is 0 Å². The molecule has 3 heteroatoms. The van der Waals surface area contributed by atoms with Crippen molar-refractivity contribution in [1.82, 2.24) is 0 Å². The van der Waals surface area contributed by atoms with Crippen molar-refractivity contribution in [3.8, 4) is 5.75 Å². The first-order valence-corrected chi connectivity index (χ1v) is 7.55. The van der Waals surface area contributed by atoms with Gasteiger partial charge in [0.1, 0.15) is 12.4 Å². The molecule has 3 aromatic carbocycles. The molecule has 0 saturated carbocycles. The smallest absolute Gasteiger partial charge is 0.142 e. The third-order valence-electron chi connectivity index (χ3n) is 4.18. The van der Waals surface area contributed by atoms with E-state index >= 15 is 0 Å². The Morgan fingerprint density at radius 1 is 1.00 bits per heavy atom. The Balaban J connectivity index is 1.74. The number of rotatable bonds is 2. The van der Waals surface area contributed by atoms with Gasteiger partial charge in [0.05, 0.1) is 12.2 Å². The van der Waals surface area contributed by atoms with Crippen molar-refractivity contribution >= 4 is 22.1 Å². The lowest BCUT2D eigenvalue weighted by Gasteiger charge is -2.31. The van der Waals surface area contributed by atoms with Gasteiger partial charge in [-0.05, 0) is 34.5 Å². The summed E-state index contributed by atoms with van der Waals surface area (Å²) in [5.41, 5.74) is 9.13. The molecule has 3 nitrogen and oxygen atoms in total. The monoisotopic (exact) mass is 290 g/mol. The molecule has 3 aromatic rings. The number of hydrogen-bond donors (Lipinski definition) is 1. The first-order chi connectivity index (χ1) is 10.8. The number of nitrogen functional groups attached to an aromatic ring is 1. The van der Waals surface area contributed by atoms with Gasteiger partial charge in [-0.1, -0.05) is 42.5 Å². The highest BCUT2D eigenvalue weighted by atomic mass is 16.5. The highest BCUT2D eigenvalue weighted by Gasteiger charge is 2.19. The minimum Gasteiger partial charge on any atom is -0.490 e. The molecule has 0 atom stereocenters. The zero-order valence-electron chi connectivity index (χ0n) is 12.3. The van der Waals surface area contributed by atoms with E-state index in [0.717, 1.165) is 30.2 Å². The zero-order valence-corrected chi connectivity index (χ0v) is 12.3. The van der Waals surface area contributed by atoms with Crippen molar-refractivity contribution in [3.63, 3.8) is 0 Å². The molecule has 1 aliphatic rings. The second-order valence-electron chi connectivity index (χ2n) is 5.64. The fourth-order valence-corrected chi connectivity index (χ4v) is 3.09. The molecule has 2 N–H and O–H groups in total. The highest BCUT2D eigenvalue weighted by Crippen LogP contribution is 2.34. The van der Waals surface area contributed by atoms with E-state index in [2.05, 4.69) is 47.4 Å². The maximum absolute atomic E-state index is 5.95. The number of anilines is 2. The van der Waals surface area contributed by atoms with E-state index in [1.54, 1.807) is 0 Å². The normalized spacial score (nSPS) is 13.7. The fourth-order valence-electron chi connectivity index (χ4n) is 3.09. The molecule has 0 saturated heterocycles. The molecular formula is C19H18N2O. The molecular weight excluding hydrogens is 272 g/mol. The summed E-state index contributed by atoms with van der Waals surface area (Å²) >= 11 is 0. The van der Waals surface area contributed by atoms with Crippen molar-refractivity contribution in [2.45, 2.75) is 6.54 Å². The van der Waals surface area contributed by atoms with Gasteiger partial charge >= 0.3 is 0 Å². The van der Waals surface area contributed by atoms with Gasteiger partial charge in [0.15, 0.2) is 0 Å². The zero-order chi connectivity index (χ0) is 14.9. The Labute approximate surface area is 129 Å². The topological polar surface area (TPSA) is 38.5 Å². The molecule has 0 aromatic heterocycles. The summed E-state index contributed by atoms with van der Waals surface area (Å²) in [4.78, 5) is 2.34. The minimum absolute atomic E-state index is 0.710. The summed E-state index contributed by atoms with van der Waals surface area (Å²) in [6.07, 6.45) is 0. The lowest BCUT2D eigenvalue weighted by atomic mass is 10.0.